The SMILES string of the molecule is CCCNC(C)(C)[C@H]1CCC(=O)N1CCSc1nc(C(=O)O)cs1. The second-order valence-corrected chi connectivity index (χ2v) is 8.64. The topological polar surface area (TPSA) is 82.5 Å². The Morgan fingerprint density at radius 1 is 1.58 bits per heavy atom. The molecule has 1 amide bonds. The Morgan fingerprint density at radius 2 is 2.33 bits per heavy atom. The Bertz CT molecular complexity index is 589. The van der Waals surface area contributed by atoms with Gasteiger partial charge in [0.2, 0.25) is 5.91 Å². The number of aromatic nitrogens is 1. The summed E-state index contributed by atoms with van der Waals surface area (Å²) in [7, 11) is 0. The molecule has 1 saturated heterocycles. The molecule has 2 heterocycles. The molecule has 1 aliphatic heterocycles. The molecule has 1 aromatic rings. The zero-order valence-corrected chi connectivity index (χ0v) is 16.0. The molecule has 134 valence electrons. The first kappa shape index (κ1) is 19.2. The molecule has 2 N–H and O–H groups in total. The van der Waals surface area contributed by atoms with Crippen molar-refractivity contribution >= 4 is 35.0 Å². The van der Waals surface area contributed by atoms with Crippen molar-refractivity contribution in [1.29, 1.82) is 0 Å². The molecule has 8 heteroatoms. The maximum Gasteiger partial charge on any atom is 0.355 e. The van der Waals surface area contributed by atoms with Gasteiger partial charge >= 0.3 is 5.97 Å². The lowest BCUT2D eigenvalue weighted by Crippen LogP contribution is -2.56. The summed E-state index contributed by atoms with van der Waals surface area (Å²) < 4.78 is 0.735. The minimum Gasteiger partial charge on any atom is -0.476 e. The van der Waals surface area contributed by atoms with Crippen LogP contribution in [0.1, 0.15) is 50.5 Å². The lowest BCUT2D eigenvalue weighted by Gasteiger charge is -2.38. The summed E-state index contributed by atoms with van der Waals surface area (Å²) in [5.74, 6) is -0.0763. The molecule has 0 aromatic carbocycles. The Morgan fingerprint density at radius 3 is 2.96 bits per heavy atom. The number of carboxylic acids is 1. The van der Waals surface area contributed by atoms with Crippen LogP contribution >= 0.6 is 23.1 Å². The largest absolute Gasteiger partial charge is 0.476 e. The van der Waals surface area contributed by atoms with Gasteiger partial charge in [0.05, 0.1) is 0 Å². The van der Waals surface area contributed by atoms with Crippen LogP contribution in [0.15, 0.2) is 9.72 Å². The molecule has 24 heavy (non-hydrogen) atoms. The maximum atomic E-state index is 12.2. The molecule has 0 bridgehead atoms. The van der Waals surface area contributed by atoms with Crippen molar-refractivity contribution in [3.8, 4) is 0 Å². The van der Waals surface area contributed by atoms with E-state index in [1.807, 2.05) is 4.90 Å². The number of amides is 1. The number of carbonyl (C=O) groups is 2. The van der Waals surface area contributed by atoms with Crippen molar-refractivity contribution < 1.29 is 14.7 Å². The van der Waals surface area contributed by atoms with Crippen LogP contribution in [0, 0.1) is 0 Å². The molecule has 1 atom stereocenters. The lowest BCUT2D eigenvalue weighted by atomic mass is 9.92. The van der Waals surface area contributed by atoms with E-state index < -0.39 is 5.97 Å². The van der Waals surface area contributed by atoms with E-state index in [9.17, 15) is 9.59 Å². The van der Waals surface area contributed by atoms with Gasteiger partial charge in [0.15, 0.2) is 10.0 Å². The highest BCUT2D eigenvalue weighted by atomic mass is 32.2. The van der Waals surface area contributed by atoms with Crippen molar-refractivity contribution in [1.82, 2.24) is 15.2 Å². The van der Waals surface area contributed by atoms with Crippen LogP contribution in [0.3, 0.4) is 0 Å². The van der Waals surface area contributed by atoms with Crippen molar-refractivity contribution in [3.05, 3.63) is 11.1 Å². The summed E-state index contributed by atoms with van der Waals surface area (Å²) in [4.78, 5) is 29.1. The molecule has 1 aliphatic rings. The standard InChI is InChI=1S/C16H25N3O3S2/c1-4-7-17-16(2,3)12-5-6-13(20)19(12)8-9-23-15-18-11(10-24-15)14(21)22/h10,12,17H,4-9H2,1-3H3,(H,21,22)/t12-/m1/s1. The number of likely N-dealkylation sites (tertiary alicyclic amines) is 1. The van der Waals surface area contributed by atoms with Gasteiger partial charge in [0, 0.05) is 35.7 Å². The first-order chi connectivity index (χ1) is 11.3. The molecule has 0 aliphatic carbocycles. The minimum atomic E-state index is -1.00. The van der Waals surface area contributed by atoms with Crippen molar-refractivity contribution in [2.24, 2.45) is 0 Å². The van der Waals surface area contributed by atoms with Crippen LogP contribution in [0.2, 0.25) is 0 Å². The number of carbonyl (C=O) groups excluding carboxylic acids is 1. The van der Waals surface area contributed by atoms with Crippen molar-refractivity contribution in [2.75, 3.05) is 18.8 Å². The molecule has 6 nitrogen and oxygen atoms in total. The molecule has 2 rings (SSSR count). The Balaban J connectivity index is 1.91. The van der Waals surface area contributed by atoms with Gasteiger partial charge in [-0.05, 0) is 33.2 Å². The minimum absolute atomic E-state index is 0.0857. The van der Waals surface area contributed by atoms with E-state index in [4.69, 9.17) is 5.11 Å². The predicted molar refractivity (Wildman–Crippen MR) is 96.9 cm³/mol. The van der Waals surface area contributed by atoms with E-state index in [0.29, 0.717) is 13.0 Å². The molecular formula is C16H25N3O3S2. The van der Waals surface area contributed by atoms with Crippen LogP contribution in [-0.4, -0.2) is 57.3 Å². The van der Waals surface area contributed by atoms with E-state index in [-0.39, 0.29) is 23.2 Å². The average Bonchev–Trinajstić information content (AvgIpc) is 3.13. The zero-order chi connectivity index (χ0) is 17.7. The van der Waals surface area contributed by atoms with Crippen LogP contribution in [0.5, 0.6) is 0 Å². The van der Waals surface area contributed by atoms with Gasteiger partial charge in [0.25, 0.3) is 0 Å². The fourth-order valence-corrected chi connectivity index (χ4v) is 4.79. The van der Waals surface area contributed by atoms with Gasteiger partial charge in [-0.2, -0.15) is 0 Å². The van der Waals surface area contributed by atoms with Crippen LogP contribution < -0.4 is 5.32 Å². The molecule has 1 aromatic heterocycles. The van der Waals surface area contributed by atoms with Gasteiger partial charge in [0.1, 0.15) is 0 Å². The first-order valence-corrected chi connectivity index (χ1v) is 10.1. The van der Waals surface area contributed by atoms with Crippen LogP contribution in [0.25, 0.3) is 0 Å². The number of nitrogens with one attached hydrogen (secondary N) is 1. The van der Waals surface area contributed by atoms with Gasteiger partial charge in [-0.15, -0.1) is 11.3 Å². The normalized spacial score (nSPS) is 18.4. The zero-order valence-electron chi connectivity index (χ0n) is 14.4. The number of thioether (sulfide) groups is 1. The average molecular weight is 372 g/mol. The predicted octanol–water partition coefficient (Wildman–Crippen LogP) is 2.70. The highest BCUT2D eigenvalue weighted by Crippen LogP contribution is 2.29. The number of aromatic carboxylic acids is 1. The fourth-order valence-electron chi connectivity index (χ4n) is 2.98. The van der Waals surface area contributed by atoms with E-state index >= 15 is 0 Å². The fraction of sp³-hybridized carbons (Fsp3) is 0.688. The van der Waals surface area contributed by atoms with Gasteiger partial charge in [-0.3, -0.25) is 4.79 Å². The van der Waals surface area contributed by atoms with E-state index in [1.165, 1.54) is 23.1 Å². The van der Waals surface area contributed by atoms with E-state index in [1.54, 1.807) is 5.38 Å². The smallest absolute Gasteiger partial charge is 0.355 e. The summed E-state index contributed by atoms with van der Waals surface area (Å²) in [5, 5.41) is 14.0. The third-order valence-corrected chi connectivity index (χ3v) is 6.25. The third-order valence-electron chi connectivity index (χ3n) is 4.25. The van der Waals surface area contributed by atoms with Crippen molar-refractivity contribution in [3.63, 3.8) is 0 Å². The van der Waals surface area contributed by atoms with Gasteiger partial charge in [-0.25, -0.2) is 9.78 Å². The second kappa shape index (κ2) is 8.31. The summed E-state index contributed by atoms with van der Waals surface area (Å²) in [5.41, 5.74) is -0.0210. The molecule has 1 fully saturated rings. The van der Waals surface area contributed by atoms with E-state index in [0.717, 1.165) is 29.5 Å². The number of carboxylic acid groups (broad SMARTS) is 1. The number of rotatable bonds is 9. The highest BCUT2D eigenvalue weighted by Gasteiger charge is 2.40. The van der Waals surface area contributed by atoms with Crippen molar-refractivity contribution in [2.45, 2.75) is 56.0 Å². The van der Waals surface area contributed by atoms with Crippen LogP contribution in [-0.2, 0) is 4.79 Å². The molecule has 0 spiro atoms. The Labute approximate surface area is 151 Å². The summed E-state index contributed by atoms with van der Waals surface area (Å²) >= 11 is 2.84. The Kier molecular flexibility index (Phi) is 6.65. The highest BCUT2D eigenvalue weighted by molar-refractivity contribution is 8.01. The number of hydrogen-bond donors (Lipinski definition) is 2. The molecule has 0 saturated carbocycles. The maximum absolute atomic E-state index is 12.2. The third kappa shape index (κ3) is 4.70. The van der Waals surface area contributed by atoms with Crippen LogP contribution in [0.4, 0.5) is 0 Å². The Hall–Kier alpha value is -1.12. The number of hydrogen-bond acceptors (Lipinski definition) is 6. The van der Waals surface area contributed by atoms with Gasteiger partial charge in [-0.1, -0.05) is 18.7 Å². The van der Waals surface area contributed by atoms with Gasteiger partial charge < -0.3 is 15.3 Å². The summed E-state index contributed by atoms with van der Waals surface area (Å²) in [6, 6.07) is 0.197. The van der Waals surface area contributed by atoms with E-state index in [2.05, 4.69) is 31.1 Å². The molecule has 0 radical (unpaired) electrons. The summed E-state index contributed by atoms with van der Waals surface area (Å²) in [6.07, 6.45) is 2.55. The molecule has 0 unspecified atom stereocenters. The summed E-state index contributed by atoms with van der Waals surface area (Å²) in [6.45, 7) is 8.06. The number of thiazole rings is 1. The second-order valence-electron chi connectivity index (χ2n) is 6.44. The quantitative estimate of drug-likeness (QED) is 0.650. The monoisotopic (exact) mass is 371 g/mol. The molecular weight excluding hydrogens is 346 g/mol. The lowest BCUT2D eigenvalue weighted by molar-refractivity contribution is -0.129. The first-order valence-electron chi connectivity index (χ1n) is 8.21. The number of nitrogens with zero attached hydrogens (tertiary/aromatic N) is 2.